The van der Waals surface area contributed by atoms with Gasteiger partial charge in [-0.3, -0.25) is 0 Å². The van der Waals surface area contributed by atoms with Crippen LogP contribution in [-0.4, -0.2) is 46.6 Å². The van der Waals surface area contributed by atoms with E-state index in [9.17, 15) is 4.79 Å². The van der Waals surface area contributed by atoms with E-state index < -0.39 is 0 Å². The van der Waals surface area contributed by atoms with Gasteiger partial charge in [0.1, 0.15) is 6.33 Å². The molecule has 1 N–H and O–H groups in total. The number of aromatic nitrogens is 2. The van der Waals surface area contributed by atoms with Crippen LogP contribution < -0.4 is 10.1 Å². The highest BCUT2D eigenvalue weighted by atomic mass is 16.5. The Morgan fingerprint density at radius 2 is 1.96 bits per heavy atom. The topological polar surface area (TPSA) is 67.4 Å². The van der Waals surface area contributed by atoms with Crippen LogP contribution in [0.1, 0.15) is 26.7 Å². The van der Waals surface area contributed by atoms with Crippen molar-refractivity contribution in [3.05, 3.63) is 42.7 Å². The van der Waals surface area contributed by atoms with E-state index in [1.165, 1.54) is 6.33 Å². The first-order valence-corrected chi connectivity index (χ1v) is 9.17. The predicted octanol–water partition coefficient (Wildman–Crippen LogP) is 3.35. The van der Waals surface area contributed by atoms with Gasteiger partial charge in [0, 0.05) is 30.8 Å². The Bertz CT molecular complexity index is 713. The van der Waals surface area contributed by atoms with Crippen LogP contribution in [0.25, 0.3) is 11.3 Å². The standard InChI is InChI=1S/C20H26N4O2/c1-15(2)23-20(25)24-10-8-16(9-11-24)13-26-19-12-18(21-14-22-19)17-6-4-3-5-7-17/h3-7,12,14-16H,8-11,13H2,1-2H3,(H,23,25). The molecule has 3 rings (SSSR count). The summed E-state index contributed by atoms with van der Waals surface area (Å²) in [6.07, 6.45) is 3.43. The molecule has 6 nitrogen and oxygen atoms in total. The van der Waals surface area contributed by atoms with Crippen LogP contribution in [0.15, 0.2) is 42.7 Å². The second kappa shape index (κ2) is 8.65. The molecule has 0 unspecified atom stereocenters. The van der Waals surface area contributed by atoms with Crippen LogP contribution in [0.3, 0.4) is 0 Å². The highest BCUT2D eigenvalue weighted by molar-refractivity contribution is 5.74. The van der Waals surface area contributed by atoms with Gasteiger partial charge in [-0.25, -0.2) is 14.8 Å². The summed E-state index contributed by atoms with van der Waals surface area (Å²) in [5.74, 6) is 1.03. The van der Waals surface area contributed by atoms with E-state index in [0.29, 0.717) is 18.4 Å². The molecule has 1 aliphatic heterocycles. The van der Waals surface area contributed by atoms with E-state index in [2.05, 4.69) is 15.3 Å². The maximum atomic E-state index is 12.0. The molecule has 1 aromatic heterocycles. The summed E-state index contributed by atoms with van der Waals surface area (Å²) in [5, 5.41) is 2.95. The lowest BCUT2D eigenvalue weighted by molar-refractivity contribution is 0.142. The van der Waals surface area contributed by atoms with Gasteiger partial charge < -0.3 is 15.0 Å². The molecule has 138 valence electrons. The number of ether oxygens (including phenoxy) is 1. The van der Waals surface area contributed by atoms with Crippen LogP contribution in [0.4, 0.5) is 4.79 Å². The van der Waals surface area contributed by atoms with Crippen molar-refractivity contribution in [3.63, 3.8) is 0 Å². The first kappa shape index (κ1) is 18.2. The summed E-state index contributed by atoms with van der Waals surface area (Å²) in [6.45, 7) is 6.11. The fourth-order valence-corrected chi connectivity index (χ4v) is 3.03. The van der Waals surface area contributed by atoms with Crippen molar-refractivity contribution in [2.24, 2.45) is 5.92 Å². The minimum absolute atomic E-state index is 0.0303. The molecule has 2 aromatic rings. The van der Waals surface area contributed by atoms with E-state index in [1.54, 1.807) is 0 Å². The summed E-state index contributed by atoms with van der Waals surface area (Å²) in [4.78, 5) is 22.4. The van der Waals surface area contributed by atoms with Gasteiger partial charge in [0.05, 0.1) is 12.3 Å². The maximum absolute atomic E-state index is 12.0. The van der Waals surface area contributed by atoms with E-state index >= 15 is 0 Å². The van der Waals surface area contributed by atoms with Crippen LogP contribution >= 0.6 is 0 Å². The zero-order valence-corrected chi connectivity index (χ0v) is 15.4. The average Bonchev–Trinajstić information content (AvgIpc) is 2.67. The fourth-order valence-electron chi connectivity index (χ4n) is 3.03. The molecule has 26 heavy (non-hydrogen) atoms. The first-order valence-electron chi connectivity index (χ1n) is 9.17. The van der Waals surface area contributed by atoms with Crippen LogP contribution in [0.5, 0.6) is 5.88 Å². The van der Waals surface area contributed by atoms with Gasteiger partial charge in [-0.05, 0) is 32.6 Å². The second-order valence-corrected chi connectivity index (χ2v) is 6.95. The van der Waals surface area contributed by atoms with Crippen molar-refractivity contribution in [2.45, 2.75) is 32.7 Å². The number of benzene rings is 1. The molecule has 0 atom stereocenters. The highest BCUT2D eigenvalue weighted by Crippen LogP contribution is 2.22. The summed E-state index contributed by atoms with van der Waals surface area (Å²) in [5.41, 5.74) is 1.90. The first-order chi connectivity index (χ1) is 12.6. The minimum atomic E-state index is 0.0303. The number of urea groups is 1. The molecule has 1 saturated heterocycles. The quantitative estimate of drug-likeness (QED) is 0.894. The average molecular weight is 354 g/mol. The molecule has 0 aliphatic carbocycles. The van der Waals surface area contributed by atoms with Crippen molar-refractivity contribution >= 4 is 6.03 Å². The van der Waals surface area contributed by atoms with Crippen molar-refractivity contribution in [1.82, 2.24) is 20.2 Å². The highest BCUT2D eigenvalue weighted by Gasteiger charge is 2.23. The lowest BCUT2D eigenvalue weighted by Crippen LogP contribution is -2.47. The smallest absolute Gasteiger partial charge is 0.317 e. The van der Waals surface area contributed by atoms with Gasteiger partial charge >= 0.3 is 6.03 Å². The van der Waals surface area contributed by atoms with Crippen LogP contribution in [-0.2, 0) is 0 Å². The molecule has 0 spiro atoms. The zero-order valence-electron chi connectivity index (χ0n) is 15.4. The molecular weight excluding hydrogens is 328 g/mol. The third-order valence-corrected chi connectivity index (χ3v) is 4.49. The van der Waals surface area contributed by atoms with E-state index in [1.807, 2.05) is 55.1 Å². The lowest BCUT2D eigenvalue weighted by atomic mass is 9.98. The molecule has 2 amide bonds. The monoisotopic (exact) mass is 354 g/mol. The van der Waals surface area contributed by atoms with Gasteiger partial charge in [0.15, 0.2) is 0 Å². The number of carbonyl (C=O) groups is 1. The van der Waals surface area contributed by atoms with Gasteiger partial charge in [-0.1, -0.05) is 30.3 Å². The van der Waals surface area contributed by atoms with E-state index in [4.69, 9.17) is 4.74 Å². The number of hydrogen-bond donors (Lipinski definition) is 1. The zero-order chi connectivity index (χ0) is 18.4. The largest absolute Gasteiger partial charge is 0.477 e. The number of carbonyl (C=O) groups excluding carboxylic acids is 1. The Morgan fingerprint density at radius 3 is 2.65 bits per heavy atom. The summed E-state index contributed by atoms with van der Waals surface area (Å²) in [6, 6.07) is 12.1. The molecule has 0 saturated carbocycles. The Morgan fingerprint density at radius 1 is 1.23 bits per heavy atom. The summed E-state index contributed by atoms with van der Waals surface area (Å²) in [7, 11) is 0. The number of nitrogens with zero attached hydrogens (tertiary/aromatic N) is 3. The second-order valence-electron chi connectivity index (χ2n) is 6.95. The SMILES string of the molecule is CC(C)NC(=O)N1CCC(COc2cc(-c3ccccc3)ncn2)CC1. The van der Waals surface area contributed by atoms with Gasteiger partial charge in [0.2, 0.25) is 5.88 Å². The number of rotatable bonds is 5. The molecular formula is C20H26N4O2. The third kappa shape index (κ3) is 4.94. The number of piperidine rings is 1. The number of nitrogens with one attached hydrogen (secondary N) is 1. The Kier molecular flexibility index (Phi) is 6.04. The van der Waals surface area contributed by atoms with E-state index in [-0.39, 0.29) is 12.1 Å². The molecule has 6 heteroatoms. The summed E-state index contributed by atoms with van der Waals surface area (Å²) >= 11 is 0. The molecule has 1 aromatic carbocycles. The van der Waals surface area contributed by atoms with Crippen molar-refractivity contribution in [3.8, 4) is 17.1 Å². The Balaban J connectivity index is 1.49. The molecule has 1 aliphatic rings. The van der Waals surface area contributed by atoms with E-state index in [0.717, 1.165) is 37.2 Å². The third-order valence-electron chi connectivity index (χ3n) is 4.49. The van der Waals surface area contributed by atoms with Crippen molar-refractivity contribution in [2.75, 3.05) is 19.7 Å². The molecule has 2 heterocycles. The van der Waals surface area contributed by atoms with Crippen LogP contribution in [0, 0.1) is 5.92 Å². The van der Waals surface area contributed by atoms with Gasteiger partial charge in [-0.2, -0.15) is 0 Å². The maximum Gasteiger partial charge on any atom is 0.317 e. The predicted molar refractivity (Wildman–Crippen MR) is 101 cm³/mol. The Labute approximate surface area is 154 Å². The summed E-state index contributed by atoms with van der Waals surface area (Å²) < 4.78 is 5.90. The fraction of sp³-hybridized carbons (Fsp3) is 0.450. The van der Waals surface area contributed by atoms with Crippen molar-refractivity contribution < 1.29 is 9.53 Å². The normalized spacial score (nSPS) is 15.1. The molecule has 0 radical (unpaired) electrons. The van der Waals surface area contributed by atoms with Crippen LogP contribution in [0.2, 0.25) is 0 Å². The number of hydrogen-bond acceptors (Lipinski definition) is 4. The van der Waals surface area contributed by atoms with Crippen molar-refractivity contribution in [1.29, 1.82) is 0 Å². The Hall–Kier alpha value is -2.63. The molecule has 0 bridgehead atoms. The lowest BCUT2D eigenvalue weighted by Gasteiger charge is -2.32. The molecule has 1 fully saturated rings. The van der Waals surface area contributed by atoms with Gasteiger partial charge in [-0.15, -0.1) is 0 Å². The number of amides is 2. The van der Waals surface area contributed by atoms with Gasteiger partial charge in [0.25, 0.3) is 0 Å². The number of likely N-dealkylation sites (tertiary alicyclic amines) is 1. The minimum Gasteiger partial charge on any atom is -0.477 e.